The molecule has 90 valence electrons. The molecule has 0 radical (unpaired) electrons. The fourth-order valence-electron chi connectivity index (χ4n) is 1.55. The molecule has 0 aromatic heterocycles. The van der Waals surface area contributed by atoms with Gasteiger partial charge in [0.2, 0.25) is 0 Å². The summed E-state index contributed by atoms with van der Waals surface area (Å²) in [6.45, 7) is 0. The summed E-state index contributed by atoms with van der Waals surface area (Å²) in [5.41, 5.74) is 6.87. The molecule has 0 unspecified atom stereocenters. The summed E-state index contributed by atoms with van der Waals surface area (Å²) in [7, 11) is 1.55. The number of para-hydroxylation sites is 1. The monoisotopic (exact) mass is 240 g/mol. The minimum atomic E-state index is 0.433. The lowest BCUT2D eigenvalue weighted by Gasteiger charge is -2.11. The van der Waals surface area contributed by atoms with Gasteiger partial charge in [0.25, 0.3) is 0 Å². The van der Waals surface area contributed by atoms with Crippen LogP contribution in [-0.2, 0) is 0 Å². The van der Waals surface area contributed by atoms with Gasteiger partial charge in [-0.05, 0) is 30.3 Å². The van der Waals surface area contributed by atoms with E-state index in [-0.39, 0.29) is 0 Å². The van der Waals surface area contributed by atoms with Gasteiger partial charge in [-0.3, -0.25) is 0 Å². The number of methoxy groups -OCH3 is 1. The van der Waals surface area contributed by atoms with Crippen LogP contribution in [0.25, 0.3) is 0 Å². The lowest BCUT2D eigenvalue weighted by molar-refractivity contribution is 0.412. The molecule has 0 aliphatic carbocycles. The second kappa shape index (κ2) is 5.11. The number of anilines is 1. The summed E-state index contributed by atoms with van der Waals surface area (Å²) >= 11 is 0. The fraction of sp³-hybridized carbons (Fsp3) is 0.0714. The number of nitriles is 1. The molecular formula is C14H12N2O2. The zero-order chi connectivity index (χ0) is 13.0. The van der Waals surface area contributed by atoms with Crippen molar-refractivity contribution in [2.24, 2.45) is 0 Å². The second-order valence-electron chi connectivity index (χ2n) is 3.61. The van der Waals surface area contributed by atoms with Crippen molar-refractivity contribution in [3.63, 3.8) is 0 Å². The molecule has 0 amide bonds. The van der Waals surface area contributed by atoms with Gasteiger partial charge in [-0.15, -0.1) is 0 Å². The van der Waals surface area contributed by atoms with Crippen LogP contribution >= 0.6 is 0 Å². The third kappa shape index (κ3) is 2.36. The van der Waals surface area contributed by atoms with Crippen molar-refractivity contribution < 1.29 is 9.47 Å². The normalized spacial score (nSPS) is 9.56. The van der Waals surface area contributed by atoms with Gasteiger partial charge in [0.15, 0.2) is 5.75 Å². The smallest absolute Gasteiger partial charge is 0.154 e. The van der Waals surface area contributed by atoms with Gasteiger partial charge in [0.1, 0.15) is 17.2 Å². The zero-order valence-corrected chi connectivity index (χ0v) is 9.88. The first-order valence-electron chi connectivity index (χ1n) is 5.35. The third-order valence-corrected chi connectivity index (χ3v) is 2.44. The van der Waals surface area contributed by atoms with Crippen LogP contribution in [0.2, 0.25) is 0 Å². The molecule has 0 heterocycles. The van der Waals surface area contributed by atoms with E-state index in [2.05, 4.69) is 6.07 Å². The fourth-order valence-corrected chi connectivity index (χ4v) is 1.55. The summed E-state index contributed by atoms with van der Waals surface area (Å²) in [5, 5.41) is 8.81. The maximum atomic E-state index is 8.81. The Morgan fingerprint density at radius 2 is 1.83 bits per heavy atom. The second-order valence-corrected chi connectivity index (χ2v) is 3.61. The minimum Gasteiger partial charge on any atom is -0.494 e. The largest absolute Gasteiger partial charge is 0.494 e. The number of rotatable bonds is 3. The molecule has 18 heavy (non-hydrogen) atoms. The van der Waals surface area contributed by atoms with Gasteiger partial charge in [-0.2, -0.15) is 5.26 Å². The maximum Gasteiger partial charge on any atom is 0.154 e. The molecule has 0 fully saturated rings. The topological polar surface area (TPSA) is 68.3 Å². The number of ether oxygens (including phenoxy) is 2. The van der Waals surface area contributed by atoms with Gasteiger partial charge in [-0.25, -0.2) is 0 Å². The molecule has 0 aliphatic heterocycles. The number of nitrogens with zero attached hydrogens (tertiary/aromatic N) is 1. The van der Waals surface area contributed by atoms with E-state index in [1.165, 1.54) is 0 Å². The Labute approximate surface area is 105 Å². The number of nitrogens with two attached hydrogens (primary N) is 1. The van der Waals surface area contributed by atoms with E-state index in [9.17, 15) is 0 Å². The number of hydrogen-bond acceptors (Lipinski definition) is 4. The van der Waals surface area contributed by atoms with E-state index in [0.717, 1.165) is 0 Å². The molecule has 0 aliphatic rings. The van der Waals surface area contributed by atoms with Crippen molar-refractivity contribution in [3.8, 4) is 23.3 Å². The van der Waals surface area contributed by atoms with E-state index in [1.807, 2.05) is 0 Å². The van der Waals surface area contributed by atoms with Crippen LogP contribution in [0.3, 0.4) is 0 Å². The highest BCUT2D eigenvalue weighted by atomic mass is 16.5. The first kappa shape index (κ1) is 11.8. The van der Waals surface area contributed by atoms with E-state index in [1.54, 1.807) is 49.6 Å². The molecule has 0 spiro atoms. The van der Waals surface area contributed by atoms with Crippen molar-refractivity contribution in [3.05, 3.63) is 48.0 Å². The van der Waals surface area contributed by atoms with Crippen molar-refractivity contribution in [2.45, 2.75) is 0 Å². The Hall–Kier alpha value is -2.67. The Balaban J connectivity index is 2.31. The van der Waals surface area contributed by atoms with Crippen molar-refractivity contribution >= 4 is 5.69 Å². The van der Waals surface area contributed by atoms with E-state index >= 15 is 0 Å². The number of nitrogen functional groups attached to an aromatic ring is 1. The standard InChI is InChI=1S/C14H12N2O2/c1-17-12-6-3-7-13(14(12)16)18-11-5-2-4-10(8-11)9-15/h2-8H,16H2,1H3. The Kier molecular flexibility index (Phi) is 3.35. The van der Waals surface area contributed by atoms with Crippen LogP contribution < -0.4 is 15.2 Å². The molecular weight excluding hydrogens is 228 g/mol. The molecule has 4 heteroatoms. The molecule has 2 rings (SSSR count). The van der Waals surface area contributed by atoms with Gasteiger partial charge >= 0.3 is 0 Å². The average Bonchev–Trinajstić information content (AvgIpc) is 2.41. The van der Waals surface area contributed by atoms with Crippen molar-refractivity contribution in [1.82, 2.24) is 0 Å². The lowest BCUT2D eigenvalue weighted by atomic mass is 10.2. The van der Waals surface area contributed by atoms with E-state index < -0.39 is 0 Å². The van der Waals surface area contributed by atoms with Crippen LogP contribution in [0.4, 0.5) is 5.69 Å². The molecule has 0 atom stereocenters. The zero-order valence-electron chi connectivity index (χ0n) is 9.88. The molecule has 4 nitrogen and oxygen atoms in total. The van der Waals surface area contributed by atoms with Crippen molar-refractivity contribution in [2.75, 3.05) is 12.8 Å². The number of benzene rings is 2. The van der Waals surface area contributed by atoms with Crippen LogP contribution in [0.5, 0.6) is 17.2 Å². The first-order valence-corrected chi connectivity index (χ1v) is 5.35. The lowest BCUT2D eigenvalue weighted by Crippen LogP contribution is -1.96. The third-order valence-electron chi connectivity index (χ3n) is 2.44. The van der Waals surface area contributed by atoms with E-state index in [0.29, 0.717) is 28.5 Å². The van der Waals surface area contributed by atoms with Gasteiger partial charge in [0.05, 0.1) is 18.7 Å². The summed E-state index contributed by atoms with van der Waals surface area (Å²) in [5.74, 6) is 1.63. The van der Waals surface area contributed by atoms with Crippen LogP contribution in [0.15, 0.2) is 42.5 Å². The molecule has 2 N–H and O–H groups in total. The average molecular weight is 240 g/mol. The molecule has 0 saturated carbocycles. The molecule has 0 bridgehead atoms. The predicted octanol–water partition coefficient (Wildman–Crippen LogP) is 2.94. The SMILES string of the molecule is COc1cccc(Oc2cccc(C#N)c2)c1N. The maximum absolute atomic E-state index is 8.81. The highest BCUT2D eigenvalue weighted by Gasteiger charge is 2.07. The minimum absolute atomic E-state index is 0.433. The van der Waals surface area contributed by atoms with Crippen molar-refractivity contribution in [1.29, 1.82) is 5.26 Å². The summed E-state index contributed by atoms with van der Waals surface area (Å²) in [6.07, 6.45) is 0. The first-order chi connectivity index (χ1) is 8.74. The van der Waals surface area contributed by atoms with Crippen LogP contribution in [0.1, 0.15) is 5.56 Å². The Morgan fingerprint density at radius 3 is 2.56 bits per heavy atom. The number of hydrogen-bond donors (Lipinski definition) is 1. The summed E-state index contributed by atoms with van der Waals surface area (Å²) in [4.78, 5) is 0. The highest BCUT2D eigenvalue weighted by Crippen LogP contribution is 2.34. The quantitative estimate of drug-likeness (QED) is 0.837. The van der Waals surface area contributed by atoms with Crippen LogP contribution in [-0.4, -0.2) is 7.11 Å². The molecule has 2 aromatic carbocycles. The molecule has 2 aromatic rings. The summed E-state index contributed by atoms with van der Waals surface area (Å²) < 4.78 is 10.7. The Morgan fingerprint density at radius 1 is 1.11 bits per heavy atom. The predicted molar refractivity (Wildman–Crippen MR) is 68.6 cm³/mol. The summed E-state index contributed by atoms with van der Waals surface area (Å²) in [6, 6.07) is 14.2. The van der Waals surface area contributed by atoms with E-state index in [4.69, 9.17) is 20.5 Å². The Bertz CT molecular complexity index is 603. The van der Waals surface area contributed by atoms with Gasteiger partial charge < -0.3 is 15.2 Å². The highest BCUT2D eigenvalue weighted by molar-refractivity contribution is 5.63. The van der Waals surface area contributed by atoms with Crippen LogP contribution in [0, 0.1) is 11.3 Å². The van der Waals surface area contributed by atoms with Gasteiger partial charge in [0, 0.05) is 0 Å². The molecule has 0 saturated heterocycles. The van der Waals surface area contributed by atoms with Gasteiger partial charge in [-0.1, -0.05) is 12.1 Å².